The quantitative estimate of drug-likeness (QED) is 0.0321. The highest BCUT2D eigenvalue weighted by molar-refractivity contribution is 5.77. The summed E-state index contributed by atoms with van der Waals surface area (Å²) < 4.78 is 5.94. The van der Waals surface area contributed by atoms with Gasteiger partial charge in [-0.05, 0) is 64.2 Å². The Kier molecular flexibility index (Phi) is 48.5. The van der Waals surface area contributed by atoms with Crippen molar-refractivity contribution in [1.82, 2.24) is 5.32 Å². The van der Waals surface area contributed by atoms with Gasteiger partial charge in [0.15, 0.2) is 0 Å². The van der Waals surface area contributed by atoms with E-state index in [0.29, 0.717) is 19.3 Å². The van der Waals surface area contributed by atoms with Gasteiger partial charge in [-0.1, -0.05) is 243 Å². The van der Waals surface area contributed by atoms with Crippen molar-refractivity contribution in [1.29, 1.82) is 0 Å². The third-order valence-corrected chi connectivity index (χ3v) is 12.5. The highest BCUT2D eigenvalue weighted by Crippen LogP contribution is 2.18. The molecule has 0 rings (SSSR count). The number of nitrogens with one attached hydrogen (secondary N) is 1. The van der Waals surface area contributed by atoms with Crippen molar-refractivity contribution in [3.63, 3.8) is 0 Å². The Labute approximate surface area is 385 Å². The Morgan fingerprint density at radius 1 is 0.468 bits per heavy atom. The number of esters is 1. The number of amides is 1. The molecule has 0 spiro atoms. The van der Waals surface area contributed by atoms with Crippen LogP contribution in [-0.2, 0) is 14.3 Å². The van der Waals surface area contributed by atoms with E-state index in [-0.39, 0.29) is 24.9 Å². The first kappa shape index (κ1) is 60.1. The topological polar surface area (TPSA) is 95.9 Å². The summed E-state index contributed by atoms with van der Waals surface area (Å²) in [5.74, 6) is -0.482. The van der Waals surface area contributed by atoms with E-state index < -0.39 is 18.2 Å². The fraction of sp³-hybridized carbons (Fsp3) is 0.857. The summed E-state index contributed by atoms with van der Waals surface area (Å²) in [7, 11) is 0. The van der Waals surface area contributed by atoms with E-state index in [9.17, 15) is 19.8 Å². The molecule has 1 amide bonds. The second-order valence-electron chi connectivity index (χ2n) is 18.6. The predicted octanol–water partition coefficient (Wildman–Crippen LogP) is 16.5. The molecule has 0 saturated heterocycles. The Hall–Kier alpha value is -1.92. The standard InChI is InChI=1S/C56H105NO5/c1-4-7-10-13-16-19-22-24-26-27-29-30-33-35-38-41-44-47-52(62-56(61)49-46-43-40-37-34-31-28-25-23-20-17-14-11-8-5-2)50-55(60)57-53(51-58)54(59)48-45-42-39-36-32-21-18-15-12-9-6-3/h16,19,24,26,29-30,52-54,58-59H,4-15,17-18,20-23,25,27-28,31-51H2,1-3H3,(H,57,60)/b19-16-,26-24-,30-29-. The third kappa shape index (κ3) is 44.7. The number of hydrogen-bond acceptors (Lipinski definition) is 5. The molecule has 6 nitrogen and oxygen atoms in total. The second kappa shape index (κ2) is 50.1. The fourth-order valence-corrected chi connectivity index (χ4v) is 8.32. The van der Waals surface area contributed by atoms with Gasteiger partial charge in [-0.2, -0.15) is 0 Å². The molecule has 62 heavy (non-hydrogen) atoms. The Balaban J connectivity index is 4.60. The summed E-state index contributed by atoms with van der Waals surface area (Å²) >= 11 is 0. The minimum absolute atomic E-state index is 0.0666. The lowest BCUT2D eigenvalue weighted by Crippen LogP contribution is -2.46. The molecule has 0 bridgehead atoms. The summed E-state index contributed by atoms with van der Waals surface area (Å²) in [6, 6.07) is -0.706. The molecule has 0 heterocycles. The first-order valence-corrected chi connectivity index (χ1v) is 27.2. The van der Waals surface area contributed by atoms with Gasteiger partial charge in [0.2, 0.25) is 5.91 Å². The highest BCUT2D eigenvalue weighted by Gasteiger charge is 2.24. The predicted molar refractivity (Wildman–Crippen MR) is 269 cm³/mol. The molecule has 0 fully saturated rings. The number of rotatable bonds is 49. The molecular formula is C56H105NO5. The van der Waals surface area contributed by atoms with E-state index in [1.807, 2.05) is 0 Å². The van der Waals surface area contributed by atoms with Crippen LogP contribution in [0.5, 0.6) is 0 Å². The Bertz CT molecular complexity index is 1020. The van der Waals surface area contributed by atoms with Crippen molar-refractivity contribution in [2.75, 3.05) is 6.61 Å². The van der Waals surface area contributed by atoms with Crippen molar-refractivity contribution in [3.8, 4) is 0 Å². The molecule has 3 unspecified atom stereocenters. The van der Waals surface area contributed by atoms with Crippen LogP contribution in [0.15, 0.2) is 36.5 Å². The van der Waals surface area contributed by atoms with Crippen LogP contribution in [0.3, 0.4) is 0 Å². The van der Waals surface area contributed by atoms with Gasteiger partial charge in [0, 0.05) is 6.42 Å². The molecule has 0 radical (unpaired) electrons. The van der Waals surface area contributed by atoms with Crippen molar-refractivity contribution in [2.45, 2.75) is 302 Å². The largest absolute Gasteiger partial charge is 0.462 e. The molecule has 0 aliphatic heterocycles. The summed E-state index contributed by atoms with van der Waals surface area (Å²) in [4.78, 5) is 26.2. The summed E-state index contributed by atoms with van der Waals surface area (Å²) in [5.41, 5.74) is 0. The Morgan fingerprint density at radius 2 is 0.823 bits per heavy atom. The maximum atomic E-state index is 13.2. The average molecular weight is 872 g/mol. The van der Waals surface area contributed by atoms with Crippen LogP contribution in [-0.4, -0.2) is 46.9 Å². The SMILES string of the molecule is CCCCC/C=C\C/C=C\C/C=C\CCCCCCC(CC(=O)NC(CO)C(O)CCCCCCCCCCCCC)OC(=O)CCCCCCCCCCCCCCCCC. The molecule has 6 heteroatoms. The molecular weight excluding hydrogens is 767 g/mol. The van der Waals surface area contributed by atoms with Gasteiger partial charge >= 0.3 is 5.97 Å². The monoisotopic (exact) mass is 872 g/mol. The molecule has 0 aliphatic rings. The first-order valence-electron chi connectivity index (χ1n) is 27.2. The summed E-state index contributed by atoms with van der Waals surface area (Å²) in [6.07, 6.45) is 59.2. The van der Waals surface area contributed by atoms with Crippen LogP contribution in [0.1, 0.15) is 284 Å². The molecule has 0 aromatic carbocycles. The lowest BCUT2D eigenvalue weighted by Gasteiger charge is -2.24. The molecule has 364 valence electrons. The zero-order valence-electron chi connectivity index (χ0n) is 41.5. The number of aliphatic hydroxyl groups is 2. The zero-order valence-corrected chi connectivity index (χ0v) is 41.5. The van der Waals surface area contributed by atoms with Crippen molar-refractivity contribution in [2.24, 2.45) is 0 Å². The minimum atomic E-state index is -0.791. The van der Waals surface area contributed by atoms with Gasteiger partial charge in [-0.3, -0.25) is 9.59 Å². The number of aliphatic hydroxyl groups excluding tert-OH is 2. The normalized spacial score (nSPS) is 13.4. The number of ether oxygens (including phenoxy) is 1. The molecule has 0 aromatic heterocycles. The van der Waals surface area contributed by atoms with Crippen LogP contribution in [0.4, 0.5) is 0 Å². The van der Waals surface area contributed by atoms with E-state index in [4.69, 9.17) is 4.74 Å². The summed E-state index contributed by atoms with van der Waals surface area (Å²) in [5, 5.41) is 23.8. The lowest BCUT2D eigenvalue weighted by molar-refractivity contribution is -0.151. The van der Waals surface area contributed by atoms with Gasteiger partial charge < -0.3 is 20.3 Å². The van der Waals surface area contributed by atoms with E-state index in [1.54, 1.807) is 0 Å². The fourth-order valence-electron chi connectivity index (χ4n) is 8.32. The van der Waals surface area contributed by atoms with Gasteiger partial charge in [0.05, 0.1) is 25.2 Å². The van der Waals surface area contributed by atoms with Crippen LogP contribution in [0, 0.1) is 0 Å². The number of unbranched alkanes of at least 4 members (excludes halogenated alkanes) is 31. The second-order valence-corrected chi connectivity index (χ2v) is 18.6. The summed E-state index contributed by atoms with van der Waals surface area (Å²) in [6.45, 7) is 6.46. The van der Waals surface area contributed by atoms with Crippen LogP contribution >= 0.6 is 0 Å². The van der Waals surface area contributed by atoms with E-state index in [0.717, 1.165) is 83.5 Å². The lowest BCUT2D eigenvalue weighted by atomic mass is 10.0. The third-order valence-electron chi connectivity index (χ3n) is 12.5. The van der Waals surface area contributed by atoms with Crippen LogP contribution in [0.25, 0.3) is 0 Å². The molecule has 0 aliphatic carbocycles. The molecule has 0 saturated carbocycles. The van der Waals surface area contributed by atoms with Gasteiger partial charge in [-0.15, -0.1) is 0 Å². The zero-order chi connectivity index (χ0) is 45.2. The van der Waals surface area contributed by atoms with Crippen molar-refractivity contribution >= 4 is 11.9 Å². The van der Waals surface area contributed by atoms with Crippen LogP contribution < -0.4 is 5.32 Å². The van der Waals surface area contributed by atoms with Gasteiger partial charge in [-0.25, -0.2) is 0 Å². The smallest absolute Gasteiger partial charge is 0.306 e. The van der Waals surface area contributed by atoms with E-state index >= 15 is 0 Å². The van der Waals surface area contributed by atoms with Crippen molar-refractivity contribution < 1.29 is 24.5 Å². The number of allylic oxidation sites excluding steroid dienone is 6. The van der Waals surface area contributed by atoms with Gasteiger partial charge in [0.25, 0.3) is 0 Å². The molecule has 3 atom stereocenters. The van der Waals surface area contributed by atoms with E-state index in [2.05, 4.69) is 62.5 Å². The number of hydrogen-bond donors (Lipinski definition) is 3. The van der Waals surface area contributed by atoms with Crippen molar-refractivity contribution in [3.05, 3.63) is 36.5 Å². The minimum Gasteiger partial charge on any atom is -0.462 e. The van der Waals surface area contributed by atoms with Gasteiger partial charge in [0.1, 0.15) is 6.10 Å². The van der Waals surface area contributed by atoms with E-state index in [1.165, 1.54) is 154 Å². The maximum Gasteiger partial charge on any atom is 0.306 e. The number of carbonyl (C=O) groups is 2. The van der Waals surface area contributed by atoms with Crippen LogP contribution in [0.2, 0.25) is 0 Å². The Morgan fingerprint density at radius 3 is 1.27 bits per heavy atom. The first-order chi connectivity index (χ1) is 30.5. The highest BCUT2D eigenvalue weighted by atomic mass is 16.5. The number of carbonyl (C=O) groups excluding carboxylic acids is 2. The maximum absolute atomic E-state index is 13.2. The average Bonchev–Trinajstić information content (AvgIpc) is 3.26. The molecule has 3 N–H and O–H groups in total. The molecule has 0 aromatic rings.